The molecule has 1 rings (SSSR count). The van der Waals surface area contributed by atoms with Crippen LogP contribution in [0.2, 0.25) is 0 Å². The second kappa shape index (κ2) is 17.6. The van der Waals surface area contributed by atoms with E-state index in [1.54, 1.807) is 26.0 Å². The third-order valence-corrected chi connectivity index (χ3v) is 6.17. The van der Waals surface area contributed by atoms with Crippen LogP contribution in [0, 0.1) is 5.92 Å². The summed E-state index contributed by atoms with van der Waals surface area (Å²) in [4.78, 5) is 54.9. The molecule has 3 amide bonds. The lowest BCUT2D eigenvalue weighted by molar-refractivity contribution is -0.142. The molecule has 0 saturated heterocycles. The molecular formula is C26H44N8O6. The van der Waals surface area contributed by atoms with E-state index in [4.69, 9.17) is 22.9 Å². The number of aliphatic imine (C=N–C) groups is 1. The highest BCUT2D eigenvalue weighted by atomic mass is 16.4. The molecule has 0 spiro atoms. The predicted octanol–water partition coefficient (Wildman–Crippen LogP) is -1.36. The van der Waals surface area contributed by atoms with Crippen LogP contribution in [0.3, 0.4) is 0 Å². The Balaban J connectivity index is 3.16. The highest BCUT2D eigenvalue weighted by molar-refractivity contribution is 5.94. The van der Waals surface area contributed by atoms with Gasteiger partial charge in [-0.2, -0.15) is 0 Å². The molecule has 14 heteroatoms. The Morgan fingerprint density at radius 3 is 1.95 bits per heavy atom. The molecule has 40 heavy (non-hydrogen) atoms. The van der Waals surface area contributed by atoms with Crippen LogP contribution in [0.25, 0.3) is 0 Å². The number of guanidine groups is 1. The minimum Gasteiger partial charge on any atom is -0.508 e. The molecule has 1 aromatic rings. The zero-order chi connectivity index (χ0) is 30.2. The third-order valence-electron chi connectivity index (χ3n) is 6.17. The summed E-state index contributed by atoms with van der Waals surface area (Å²) in [5, 5.41) is 26.9. The summed E-state index contributed by atoms with van der Waals surface area (Å²) < 4.78 is 0. The van der Waals surface area contributed by atoms with Gasteiger partial charge in [0.25, 0.3) is 0 Å². The summed E-state index contributed by atoms with van der Waals surface area (Å²) in [7, 11) is 0. The van der Waals surface area contributed by atoms with Crippen LogP contribution in [0.5, 0.6) is 5.75 Å². The average molecular weight is 565 g/mol. The monoisotopic (exact) mass is 564 g/mol. The molecule has 0 aliphatic rings. The Morgan fingerprint density at radius 1 is 0.850 bits per heavy atom. The van der Waals surface area contributed by atoms with Gasteiger partial charge in [0.2, 0.25) is 17.7 Å². The maximum atomic E-state index is 13.4. The average Bonchev–Trinajstić information content (AvgIpc) is 2.89. The van der Waals surface area contributed by atoms with Crippen LogP contribution in [0.15, 0.2) is 29.3 Å². The molecule has 13 N–H and O–H groups in total. The smallest absolute Gasteiger partial charge is 0.326 e. The van der Waals surface area contributed by atoms with E-state index in [0.717, 1.165) is 0 Å². The van der Waals surface area contributed by atoms with Crippen molar-refractivity contribution < 1.29 is 29.4 Å². The first-order valence-corrected chi connectivity index (χ1v) is 13.3. The number of carboxylic acids is 1. The van der Waals surface area contributed by atoms with E-state index in [0.29, 0.717) is 31.4 Å². The fraction of sp³-hybridized carbons (Fsp3) is 0.577. The summed E-state index contributed by atoms with van der Waals surface area (Å²) in [6.07, 6.45) is 1.69. The molecule has 1 aromatic carbocycles. The zero-order valence-electron chi connectivity index (χ0n) is 23.1. The number of unbranched alkanes of at least 4 members (excludes halogenated alkanes) is 1. The van der Waals surface area contributed by atoms with E-state index in [1.165, 1.54) is 12.1 Å². The Bertz CT molecular complexity index is 997. The Morgan fingerprint density at radius 2 is 1.40 bits per heavy atom. The number of phenols is 1. The fourth-order valence-corrected chi connectivity index (χ4v) is 3.71. The summed E-state index contributed by atoms with van der Waals surface area (Å²) in [6, 6.07) is 1.78. The number of aromatic hydroxyl groups is 1. The van der Waals surface area contributed by atoms with Crippen LogP contribution in [0.1, 0.15) is 51.5 Å². The topological polar surface area (TPSA) is 261 Å². The first-order chi connectivity index (χ1) is 18.8. The van der Waals surface area contributed by atoms with Gasteiger partial charge in [-0.25, -0.2) is 4.79 Å². The number of nitrogens with zero attached hydrogens (tertiary/aromatic N) is 1. The minimum absolute atomic E-state index is 0.0348. The minimum atomic E-state index is -1.21. The second-order valence-electron chi connectivity index (χ2n) is 9.90. The van der Waals surface area contributed by atoms with Gasteiger partial charge in [-0.3, -0.25) is 19.4 Å². The van der Waals surface area contributed by atoms with Gasteiger partial charge in [-0.1, -0.05) is 26.0 Å². The number of nitrogens with two attached hydrogens (primary N) is 4. The van der Waals surface area contributed by atoms with Gasteiger partial charge in [0.15, 0.2) is 5.96 Å². The molecule has 0 radical (unpaired) electrons. The van der Waals surface area contributed by atoms with Crippen LogP contribution in [0.4, 0.5) is 0 Å². The van der Waals surface area contributed by atoms with Crippen molar-refractivity contribution in [3.8, 4) is 5.75 Å². The third kappa shape index (κ3) is 12.8. The molecule has 14 nitrogen and oxygen atoms in total. The van der Waals surface area contributed by atoms with Gasteiger partial charge in [0.1, 0.15) is 23.9 Å². The van der Waals surface area contributed by atoms with Crippen molar-refractivity contribution in [2.75, 3.05) is 13.1 Å². The van der Waals surface area contributed by atoms with Gasteiger partial charge >= 0.3 is 5.97 Å². The summed E-state index contributed by atoms with van der Waals surface area (Å²) in [5.74, 6) is -3.42. The molecule has 0 aromatic heterocycles. The van der Waals surface area contributed by atoms with Gasteiger partial charge in [0.05, 0.1) is 6.04 Å². The number of rotatable bonds is 18. The van der Waals surface area contributed by atoms with E-state index in [2.05, 4.69) is 20.9 Å². The lowest BCUT2D eigenvalue weighted by atomic mass is 10.0. The number of nitrogens with one attached hydrogen (secondary N) is 3. The number of hydrogen-bond donors (Lipinski definition) is 9. The summed E-state index contributed by atoms with van der Waals surface area (Å²) in [6.45, 7) is 4.10. The largest absolute Gasteiger partial charge is 0.508 e. The van der Waals surface area contributed by atoms with Crippen molar-refractivity contribution in [3.05, 3.63) is 29.8 Å². The highest BCUT2D eigenvalue weighted by Crippen LogP contribution is 2.13. The standard InChI is InChI=1S/C26H44N8O6/c1-15(2)21(28)24(38)34-20(14-16-8-10-17(35)11-9-16)23(37)32-18(7-5-13-31-26(29)30)22(36)33-19(25(39)40)6-3-4-12-27/h8-11,15,18-21,35H,3-7,12-14,27-28H2,1-2H3,(H,32,37)(H,33,36)(H,34,38)(H,39,40)(H4,29,30,31). The van der Waals surface area contributed by atoms with E-state index >= 15 is 0 Å². The second-order valence-corrected chi connectivity index (χ2v) is 9.90. The quantitative estimate of drug-likeness (QED) is 0.0574. The van der Waals surface area contributed by atoms with Crippen molar-refractivity contribution in [3.63, 3.8) is 0 Å². The molecule has 0 fully saturated rings. The van der Waals surface area contributed by atoms with Crippen molar-refractivity contribution in [1.82, 2.24) is 16.0 Å². The first kappa shape index (κ1) is 34.1. The number of amides is 3. The fourth-order valence-electron chi connectivity index (χ4n) is 3.71. The summed E-state index contributed by atoms with van der Waals surface area (Å²) >= 11 is 0. The number of hydrogen-bond acceptors (Lipinski definition) is 8. The van der Waals surface area contributed by atoms with Gasteiger partial charge < -0.3 is 49.1 Å². The van der Waals surface area contributed by atoms with Crippen LogP contribution < -0.4 is 38.9 Å². The summed E-state index contributed by atoms with van der Waals surface area (Å²) in [5.41, 5.74) is 22.8. The number of carbonyl (C=O) groups excluding carboxylic acids is 3. The van der Waals surface area contributed by atoms with Crippen LogP contribution >= 0.6 is 0 Å². The molecule has 4 unspecified atom stereocenters. The molecule has 0 aliphatic carbocycles. The van der Waals surface area contributed by atoms with Crippen molar-refractivity contribution in [1.29, 1.82) is 0 Å². The Labute approximate surface area is 234 Å². The van der Waals surface area contributed by atoms with Gasteiger partial charge in [0, 0.05) is 13.0 Å². The number of phenolic OH excluding ortho intramolecular Hbond substituents is 1. The normalized spacial score (nSPS) is 13.9. The molecule has 0 heterocycles. The first-order valence-electron chi connectivity index (χ1n) is 13.3. The van der Waals surface area contributed by atoms with E-state index in [9.17, 15) is 29.4 Å². The zero-order valence-corrected chi connectivity index (χ0v) is 23.1. The van der Waals surface area contributed by atoms with Crippen LogP contribution in [-0.2, 0) is 25.6 Å². The lowest BCUT2D eigenvalue weighted by Gasteiger charge is -2.26. The van der Waals surface area contributed by atoms with Gasteiger partial charge in [-0.15, -0.1) is 0 Å². The van der Waals surface area contributed by atoms with E-state index in [-0.39, 0.29) is 43.4 Å². The SMILES string of the molecule is CC(C)C(N)C(=O)NC(Cc1ccc(O)cc1)C(=O)NC(CCCN=C(N)N)C(=O)NC(CCCCN)C(=O)O. The highest BCUT2D eigenvalue weighted by Gasteiger charge is 2.30. The van der Waals surface area contributed by atoms with Gasteiger partial charge in [-0.05, 0) is 62.3 Å². The molecule has 0 aliphatic heterocycles. The molecule has 224 valence electrons. The maximum Gasteiger partial charge on any atom is 0.326 e. The molecular weight excluding hydrogens is 520 g/mol. The Kier molecular flexibility index (Phi) is 15.0. The number of aliphatic carboxylic acids is 1. The molecule has 0 saturated carbocycles. The van der Waals surface area contributed by atoms with E-state index < -0.39 is 47.9 Å². The lowest BCUT2D eigenvalue weighted by Crippen LogP contribution is -2.58. The predicted molar refractivity (Wildman–Crippen MR) is 151 cm³/mol. The number of carboxylic acid groups (broad SMARTS) is 1. The van der Waals surface area contributed by atoms with Crippen molar-refractivity contribution in [2.24, 2.45) is 33.8 Å². The Hall–Kier alpha value is -3.91. The molecule has 0 bridgehead atoms. The van der Waals surface area contributed by atoms with Crippen molar-refractivity contribution in [2.45, 2.75) is 76.5 Å². The van der Waals surface area contributed by atoms with Crippen molar-refractivity contribution >= 4 is 29.7 Å². The van der Waals surface area contributed by atoms with E-state index in [1.807, 2.05) is 0 Å². The molecule has 4 atom stereocenters. The van der Waals surface area contributed by atoms with Crippen LogP contribution in [-0.4, -0.2) is 77.1 Å². The maximum absolute atomic E-state index is 13.4. The number of benzene rings is 1. The number of carbonyl (C=O) groups is 4.